The lowest BCUT2D eigenvalue weighted by Gasteiger charge is -2.17. The van der Waals surface area contributed by atoms with Crippen molar-refractivity contribution in [3.63, 3.8) is 0 Å². The first-order chi connectivity index (χ1) is 9.11. The molecule has 0 N–H and O–H groups in total. The van der Waals surface area contributed by atoms with Crippen LogP contribution in [0, 0.1) is 0 Å². The van der Waals surface area contributed by atoms with Crippen LogP contribution in [-0.2, 0) is 6.42 Å². The Bertz CT molecular complexity index is 569. The molecular formula is C15H12BrCl3. The van der Waals surface area contributed by atoms with Crippen LogP contribution in [0.2, 0.25) is 10.0 Å². The van der Waals surface area contributed by atoms with Crippen LogP contribution in [0.1, 0.15) is 17.0 Å². The van der Waals surface area contributed by atoms with Gasteiger partial charge in [-0.1, -0.05) is 63.4 Å². The van der Waals surface area contributed by atoms with Gasteiger partial charge in [0, 0.05) is 26.3 Å². The molecule has 0 bridgehead atoms. The lowest BCUT2D eigenvalue weighted by molar-refractivity contribution is 0.766. The van der Waals surface area contributed by atoms with Gasteiger partial charge in [0.05, 0.1) is 0 Å². The molecule has 0 amide bonds. The molecule has 0 fully saturated rings. The third kappa shape index (κ3) is 3.88. The fourth-order valence-corrected chi connectivity index (χ4v) is 3.32. The van der Waals surface area contributed by atoms with Crippen molar-refractivity contribution in [2.75, 3.05) is 5.88 Å². The Kier molecular flexibility index (Phi) is 5.58. The summed E-state index contributed by atoms with van der Waals surface area (Å²) in [5.41, 5.74) is 2.15. The highest BCUT2D eigenvalue weighted by molar-refractivity contribution is 9.10. The molecule has 0 nitrogen and oxygen atoms in total. The van der Waals surface area contributed by atoms with Crippen molar-refractivity contribution in [3.8, 4) is 0 Å². The summed E-state index contributed by atoms with van der Waals surface area (Å²) in [7, 11) is 0. The van der Waals surface area contributed by atoms with Gasteiger partial charge in [-0.05, 0) is 35.7 Å². The van der Waals surface area contributed by atoms with Crippen LogP contribution < -0.4 is 0 Å². The smallest absolute Gasteiger partial charge is 0.0449 e. The highest BCUT2D eigenvalue weighted by Gasteiger charge is 2.15. The average Bonchev–Trinajstić information content (AvgIpc) is 2.39. The molecule has 19 heavy (non-hydrogen) atoms. The molecular weight excluding hydrogens is 366 g/mol. The van der Waals surface area contributed by atoms with Gasteiger partial charge < -0.3 is 0 Å². The van der Waals surface area contributed by atoms with Crippen LogP contribution in [0.5, 0.6) is 0 Å². The minimum atomic E-state index is 0.161. The van der Waals surface area contributed by atoms with Crippen LogP contribution in [0.4, 0.5) is 0 Å². The summed E-state index contributed by atoms with van der Waals surface area (Å²) in [6.45, 7) is 0. The van der Waals surface area contributed by atoms with Gasteiger partial charge in [-0.25, -0.2) is 0 Å². The molecule has 100 valence electrons. The normalized spacial score (nSPS) is 12.4. The van der Waals surface area contributed by atoms with Crippen LogP contribution >= 0.6 is 50.7 Å². The summed E-state index contributed by atoms with van der Waals surface area (Å²) < 4.78 is 0.974. The van der Waals surface area contributed by atoms with Gasteiger partial charge in [0.1, 0.15) is 0 Å². The van der Waals surface area contributed by atoms with E-state index in [2.05, 4.69) is 15.9 Å². The van der Waals surface area contributed by atoms with E-state index in [0.717, 1.165) is 32.1 Å². The van der Waals surface area contributed by atoms with Crippen molar-refractivity contribution in [2.45, 2.75) is 12.3 Å². The molecule has 0 aromatic heterocycles. The van der Waals surface area contributed by atoms with E-state index in [4.69, 9.17) is 34.8 Å². The molecule has 2 aromatic rings. The first-order valence-electron chi connectivity index (χ1n) is 5.86. The summed E-state index contributed by atoms with van der Waals surface area (Å²) in [5.74, 6) is 0.671. The molecule has 0 aliphatic rings. The topological polar surface area (TPSA) is 0 Å². The molecule has 0 saturated carbocycles. The molecule has 0 heterocycles. The van der Waals surface area contributed by atoms with Crippen molar-refractivity contribution in [3.05, 3.63) is 68.1 Å². The molecule has 2 rings (SSSR count). The van der Waals surface area contributed by atoms with E-state index in [1.54, 1.807) is 0 Å². The van der Waals surface area contributed by atoms with Gasteiger partial charge in [0.15, 0.2) is 0 Å². The Hall–Kier alpha value is -0.210. The van der Waals surface area contributed by atoms with E-state index in [1.807, 2.05) is 42.5 Å². The maximum absolute atomic E-state index is 6.25. The standard InChI is InChI=1S/C15H12BrCl3/c16-12-6-5-10(15(19)8-12)7-11(9-17)13-3-1-2-4-14(13)18/h1-6,8,11H,7,9H2. The van der Waals surface area contributed by atoms with Crippen LogP contribution in [0.25, 0.3) is 0 Å². The Morgan fingerprint density at radius 2 is 1.74 bits per heavy atom. The summed E-state index contributed by atoms with van der Waals surface area (Å²) >= 11 is 22.0. The lowest BCUT2D eigenvalue weighted by atomic mass is 9.93. The zero-order valence-corrected chi connectivity index (χ0v) is 13.9. The van der Waals surface area contributed by atoms with Gasteiger partial charge >= 0.3 is 0 Å². The molecule has 1 unspecified atom stereocenters. The number of rotatable bonds is 4. The minimum absolute atomic E-state index is 0.161. The highest BCUT2D eigenvalue weighted by atomic mass is 79.9. The third-order valence-corrected chi connectivity index (χ3v) is 4.57. The minimum Gasteiger partial charge on any atom is -0.126 e. The molecule has 0 saturated heterocycles. The Labute approximate surface area is 136 Å². The third-order valence-electron chi connectivity index (χ3n) is 3.01. The quantitative estimate of drug-likeness (QED) is 0.546. The SMILES string of the molecule is ClCC(Cc1ccc(Br)cc1Cl)c1ccccc1Cl. The monoisotopic (exact) mass is 376 g/mol. The second kappa shape index (κ2) is 6.99. The zero-order chi connectivity index (χ0) is 13.8. The Morgan fingerprint density at radius 3 is 2.37 bits per heavy atom. The second-order valence-corrected chi connectivity index (χ2v) is 6.35. The summed E-state index contributed by atoms with van der Waals surface area (Å²) in [5, 5.41) is 1.50. The Morgan fingerprint density at radius 1 is 1.00 bits per heavy atom. The molecule has 0 aliphatic heterocycles. The molecule has 2 aromatic carbocycles. The number of benzene rings is 2. The summed E-state index contributed by atoms with van der Waals surface area (Å²) in [6, 6.07) is 13.7. The second-order valence-electron chi connectivity index (χ2n) is 4.31. The molecule has 0 aliphatic carbocycles. The predicted molar refractivity (Wildman–Crippen MR) is 87.8 cm³/mol. The lowest BCUT2D eigenvalue weighted by Crippen LogP contribution is -2.06. The first kappa shape index (κ1) is 15.2. The highest BCUT2D eigenvalue weighted by Crippen LogP contribution is 2.31. The van der Waals surface area contributed by atoms with E-state index in [1.165, 1.54) is 0 Å². The van der Waals surface area contributed by atoms with Crippen molar-refractivity contribution in [1.82, 2.24) is 0 Å². The van der Waals surface area contributed by atoms with Crippen molar-refractivity contribution in [2.24, 2.45) is 0 Å². The molecule has 1 atom stereocenters. The van der Waals surface area contributed by atoms with Gasteiger partial charge in [-0.3, -0.25) is 0 Å². The van der Waals surface area contributed by atoms with Gasteiger partial charge in [-0.2, -0.15) is 0 Å². The Balaban J connectivity index is 2.27. The fourth-order valence-electron chi connectivity index (χ4n) is 2.01. The first-order valence-corrected chi connectivity index (χ1v) is 7.94. The van der Waals surface area contributed by atoms with Crippen LogP contribution in [0.3, 0.4) is 0 Å². The van der Waals surface area contributed by atoms with Gasteiger partial charge in [-0.15, -0.1) is 11.6 Å². The number of hydrogen-bond donors (Lipinski definition) is 0. The average molecular weight is 379 g/mol. The van der Waals surface area contributed by atoms with Gasteiger partial charge in [0.25, 0.3) is 0 Å². The van der Waals surface area contributed by atoms with Crippen molar-refractivity contribution in [1.29, 1.82) is 0 Å². The predicted octanol–water partition coefficient (Wildman–Crippen LogP) is 6.32. The van der Waals surface area contributed by atoms with E-state index in [0.29, 0.717) is 5.88 Å². The molecule has 0 radical (unpaired) electrons. The largest absolute Gasteiger partial charge is 0.126 e. The maximum Gasteiger partial charge on any atom is 0.0449 e. The van der Waals surface area contributed by atoms with E-state index in [-0.39, 0.29) is 5.92 Å². The fraction of sp³-hybridized carbons (Fsp3) is 0.200. The van der Waals surface area contributed by atoms with E-state index >= 15 is 0 Å². The summed E-state index contributed by atoms with van der Waals surface area (Å²) in [4.78, 5) is 0. The van der Waals surface area contributed by atoms with E-state index in [9.17, 15) is 0 Å². The van der Waals surface area contributed by atoms with Crippen LogP contribution in [0.15, 0.2) is 46.9 Å². The number of alkyl halides is 1. The van der Waals surface area contributed by atoms with Crippen molar-refractivity contribution < 1.29 is 0 Å². The maximum atomic E-state index is 6.25. The number of halogens is 4. The molecule has 4 heteroatoms. The van der Waals surface area contributed by atoms with E-state index < -0.39 is 0 Å². The van der Waals surface area contributed by atoms with Crippen molar-refractivity contribution >= 4 is 50.7 Å². The number of hydrogen-bond acceptors (Lipinski definition) is 0. The molecule has 0 spiro atoms. The summed E-state index contributed by atoms with van der Waals surface area (Å²) in [6.07, 6.45) is 0.777. The van der Waals surface area contributed by atoms with Gasteiger partial charge in [0.2, 0.25) is 0 Å². The van der Waals surface area contributed by atoms with Crippen LogP contribution in [-0.4, -0.2) is 5.88 Å². The zero-order valence-electron chi connectivity index (χ0n) is 10.0.